The van der Waals surface area contributed by atoms with E-state index >= 15 is 0 Å². The minimum atomic E-state index is -2.00. The molecule has 1 unspecified atom stereocenters. The van der Waals surface area contributed by atoms with Gasteiger partial charge >= 0.3 is 0 Å². The Morgan fingerprint density at radius 2 is 1.76 bits per heavy atom. The van der Waals surface area contributed by atoms with Crippen LogP contribution >= 0.6 is 0 Å². The fraction of sp³-hybridized carbons (Fsp3) is 0.261. The van der Waals surface area contributed by atoms with Crippen LogP contribution in [0.15, 0.2) is 52.9 Å². The van der Waals surface area contributed by atoms with Gasteiger partial charge in [-0.3, -0.25) is 9.00 Å². The first-order valence-corrected chi connectivity index (χ1v) is 14.4. The number of allylic oxidation sites excluding steroid dienone is 2. The Kier molecular flexibility index (Phi) is 6.05. The summed E-state index contributed by atoms with van der Waals surface area (Å²) < 4.78 is 31.2. The number of hydrogen-bond acceptors (Lipinski definition) is 3. The highest BCUT2D eigenvalue weighted by atomic mass is 32.2. The second kappa shape index (κ2) is 8.20. The average Bonchev–Trinajstić information content (AvgIpc) is 2.86. The fourth-order valence-electron chi connectivity index (χ4n) is 3.43. The molecule has 2 aromatic carbocycles. The summed E-state index contributed by atoms with van der Waals surface area (Å²) in [5.41, 5.74) is 5.31. The topological polar surface area (TPSA) is 43.4 Å². The van der Waals surface area contributed by atoms with Crippen molar-refractivity contribution in [2.45, 2.75) is 37.9 Å². The van der Waals surface area contributed by atoms with Crippen LogP contribution in [0.3, 0.4) is 0 Å². The van der Waals surface area contributed by atoms with Gasteiger partial charge in [-0.05, 0) is 90.3 Å². The van der Waals surface area contributed by atoms with Gasteiger partial charge in [0.15, 0.2) is 0 Å². The lowest BCUT2D eigenvalue weighted by molar-refractivity contribution is -0.133. The van der Waals surface area contributed by atoms with Crippen molar-refractivity contribution in [2.75, 3.05) is 6.26 Å². The van der Waals surface area contributed by atoms with E-state index < -0.39 is 19.1 Å². The van der Waals surface area contributed by atoms with Gasteiger partial charge in [0.2, 0.25) is 8.32 Å². The molecule has 0 radical (unpaired) electrons. The highest BCUT2D eigenvalue weighted by Gasteiger charge is 2.28. The number of benzene rings is 2. The summed E-state index contributed by atoms with van der Waals surface area (Å²) in [6.45, 7) is 7.85. The largest absolute Gasteiger partial charge is 0.520 e. The second-order valence-electron chi connectivity index (χ2n) is 8.14. The molecule has 1 aliphatic carbocycles. The molecule has 0 bridgehead atoms. The Balaban J connectivity index is 2.02. The molecule has 0 aromatic heterocycles. The summed E-state index contributed by atoms with van der Waals surface area (Å²) in [6, 6.07) is 12.2. The molecule has 6 heteroatoms. The molecule has 0 saturated heterocycles. The maximum atomic E-state index is 14.0. The van der Waals surface area contributed by atoms with Crippen LogP contribution in [-0.4, -0.2) is 24.8 Å². The molecule has 3 rings (SSSR count). The van der Waals surface area contributed by atoms with Crippen molar-refractivity contribution in [2.24, 2.45) is 0 Å². The molecule has 29 heavy (non-hydrogen) atoms. The van der Waals surface area contributed by atoms with Crippen LogP contribution in [0.2, 0.25) is 19.6 Å². The highest BCUT2D eigenvalue weighted by molar-refractivity contribution is 7.84. The van der Waals surface area contributed by atoms with Crippen molar-refractivity contribution >= 4 is 42.3 Å². The van der Waals surface area contributed by atoms with Crippen molar-refractivity contribution in [3.05, 3.63) is 70.5 Å². The van der Waals surface area contributed by atoms with E-state index in [4.69, 9.17) is 4.43 Å². The minimum Gasteiger partial charge on any atom is -0.520 e. The van der Waals surface area contributed by atoms with Gasteiger partial charge in [0.1, 0.15) is 5.82 Å². The SMILES string of the molecule is CC1=C(CC(=O)O[Si](C)(C)C)c2cc(F)ccc2/C1=C\c1ccc(S(C)=O)cc1. The molecule has 152 valence electrons. The molecule has 0 spiro atoms. The number of carbonyl (C=O) groups is 1. The van der Waals surface area contributed by atoms with E-state index in [9.17, 15) is 13.4 Å². The summed E-state index contributed by atoms with van der Waals surface area (Å²) in [7, 11) is -3.02. The summed E-state index contributed by atoms with van der Waals surface area (Å²) in [5.74, 6) is -0.603. The van der Waals surface area contributed by atoms with E-state index in [1.165, 1.54) is 12.1 Å². The van der Waals surface area contributed by atoms with Gasteiger partial charge in [-0.25, -0.2) is 4.39 Å². The van der Waals surface area contributed by atoms with Gasteiger partial charge in [0.25, 0.3) is 5.97 Å². The van der Waals surface area contributed by atoms with Gasteiger partial charge < -0.3 is 4.43 Å². The highest BCUT2D eigenvalue weighted by Crippen LogP contribution is 2.44. The van der Waals surface area contributed by atoms with Crippen molar-refractivity contribution in [3.63, 3.8) is 0 Å². The number of rotatable bonds is 5. The Morgan fingerprint density at radius 3 is 2.34 bits per heavy atom. The van der Waals surface area contributed by atoms with E-state index in [1.54, 1.807) is 12.3 Å². The maximum Gasteiger partial charge on any atom is 0.296 e. The second-order valence-corrected chi connectivity index (χ2v) is 13.9. The zero-order valence-corrected chi connectivity index (χ0v) is 19.2. The number of hydrogen-bond donors (Lipinski definition) is 0. The molecule has 1 aliphatic rings. The minimum absolute atomic E-state index is 0.123. The monoisotopic (exact) mass is 428 g/mol. The third-order valence-corrected chi connectivity index (χ3v) is 6.49. The van der Waals surface area contributed by atoms with Crippen molar-refractivity contribution in [1.29, 1.82) is 0 Å². The molecular formula is C23H25FO3SSi. The summed E-state index contributed by atoms with van der Waals surface area (Å²) >= 11 is 0. The molecule has 0 aliphatic heterocycles. The van der Waals surface area contributed by atoms with E-state index in [1.807, 2.05) is 56.9 Å². The molecule has 0 saturated carbocycles. The molecule has 0 heterocycles. The van der Waals surface area contributed by atoms with Crippen LogP contribution in [0.5, 0.6) is 0 Å². The van der Waals surface area contributed by atoms with Crippen LogP contribution in [0.1, 0.15) is 30.0 Å². The Bertz CT molecular complexity index is 1050. The predicted octanol–water partition coefficient (Wildman–Crippen LogP) is 5.66. The van der Waals surface area contributed by atoms with Gasteiger partial charge in [-0.1, -0.05) is 18.2 Å². The van der Waals surface area contributed by atoms with Gasteiger partial charge in [-0.2, -0.15) is 0 Å². The molecule has 0 amide bonds. The standard InChI is InChI=1S/C23H25FO3SSi/c1-15-20(12-16-6-9-18(10-7-16)28(2)26)19-11-8-17(24)13-22(19)21(15)14-23(25)27-29(3,4)5/h6-13H,14H2,1-5H3/b20-12-. The molecule has 2 aromatic rings. The van der Waals surface area contributed by atoms with Crippen molar-refractivity contribution < 1.29 is 17.8 Å². The third kappa shape index (κ3) is 5.00. The lowest BCUT2D eigenvalue weighted by Gasteiger charge is -2.18. The first kappa shape index (κ1) is 21.4. The van der Waals surface area contributed by atoms with Gasteiger partial charge in [-0.15, -0.1) is 0 Å². The van der Waals surface area contributed by atoms with Gasteiger partial charge in [0, 0.05) is 22.0 Å². The average molecular weight is 429 g/mol. The lowest BCUT2D eigenvalue weighted by Crippen LogP contribution is -2.29. The fourth-order valence-corrected chi connectivity index (χ4v) is 4.70. The van der Waals surface area contributed by atoms with E-state index in [2.05, 4.69) is 0 Å². The molecule has 3 nitrogen and oxygen atoms in total. The zero-order chi connectivity index (χ0) is 21.3. The summed E-state index contributed by atoms with van der Waals surface area (Å²) in [6.07, 6.45) is 3.79. The Labute approximate surface area is 174 Å². The number of halogens is 1. The molecule has 1 atom stereocenters. The Hall–Kier alpha value is -2.31. The van der Waals surface area contributed by atoms with E-state index in [0.717, 1.165) is 38.3 Å². The van der Waals surface area contributed by atoms with Crippen molar-refractivity contribution in [3.8, 4) is 0 Å². The Morgan fingerprint density at radius 1 is 1.10 bits per heavy atom. The van der Waals surface area contributed by atoms with Gasteiger partial charge in [0.05, 0.1) is 6.42 Å². The van der Waals surface area contributed by atoms with E-state index in [0.29, 0.717) is 0 Å². The van der Waals surface area contributed by atoms with Crippen LogP contribution in [0.4, 0.5) is 4.39 Å². The van der Waals surface area contributed by atoms with Crippen LogP contribution < -0.4 is 0 Å². The molecule has 0 fully saturated rings. The van der Waals surface area contributed by atoms with Crippen LogP contribution in [-0.2, 0) is 20.0 Å². The van der Waals surface area contributed by atoms with Crippen LogP contribution in [0.25, 0.3) is 17.2 Å². The van der Waals surface area contributed by atoms with Crippen LogP contribution in [0, 0.1) is 5.82 Å². The predicted molar refractivity (Wildman–Crippen MR) is 120 cm³/mol. The lowest BCUT2D eigenvalue weighted by atomic mass is 10.0. The first-order valence-electron chi connectivity index (χ1n) is 9.42. The third-order valence-electron chi connectivity index (χ3n) is 4.72. The number of fused-ring (bicyclic) bond motifs is 1. The smallest absolute Gasteiger partial charge is 0.296 e. The summed E-state index contributed by atoms with van der Waals surface area (Å²) in [4.78, 5) is 13.2. The van der Waals surface area contributed by atoms with Crippen molar-refractivity contribution in [1.82, 2.24) is 0 Å². The maximum absolute atomic E-state index is 14.0. The number of carbonyl (C=O) groups excluding carboxylic acids is 1. The first-order chi connectivity index (χ1) is 13.5. The quantitative estimate of drug-likeness (QED) is 0.577. The summed E-state index contributed by atoms with van der Waals surface area (Å²) in [5, 5.41) is 0. The van der Waals surface area contributed by atoms with E-state index in [-0.39, 0.29) is 18.2 Å². The normalized spacial score (nSPS) is 16.1. The zero-order valence-electron chi connectivity index (χ0n) is 17.3. The molecule has 0 N–H and O–H groups in total. The molecular weight excluding hydrogens is 403 g/mol.